The number of anilines is 1. The molecule has 27 heavy (non-hydrogen) atoms. The number of amides is 1. The van der Waals surface area contributed by atoms with Crippen molar-refractivity contribution in [2.45, 2.75) is 56.1 Å². The van der Waals surface area contributed by atoms with Gasteiger partial charge in [-0.05, 0) is 37.0 Å². The van der Waals surface area contributed by atoms with Crippen LogP contribution < -0.4 is 9.64 Å². The molecule has 1 N–H and O–H groups in total. The topological polar surface area (TPSA) is 66.8 Å². The molecule has 1 amide bonds. The highest BCUT2D eigenvalue weighted by atomic mass is 35.5. The van der Waals surface area contributed by atoms with Crippen molar-refractivity contribution in [2.24, 2.45) is 0 Å². The Kier molecular flexibility index (Phi) is 5.04. The average molecular weight is 398 g/mol. The molecule has 0 radical (unpaired) electrons. The lowest BCUT2D eigenvalue weighted by molar-refractivity contribution is -0.144. The average Bonchev–Trinajstić information content (AvgIpc) is 3.06. The number of halogens is 3. The zero-order chi connectivity index (χ0) is 19.8. The molecule has 8 heteroatoms. The van der Waals surface area contributed by atoms with E-state index in [2.05, 4.69) is 0 Å². The van der Waals surface area contributed by atoms with Gasteiger partial charge in [0.05, 0.1) is 5.02 Å². The fraction of sp³-hybridized carbons (Fsp3) is 0.474. The smallest absolute Gasteiger partial charge is 0.330 e. The van der Waals surface area contributed by atoms with Crippen LogP contribution in [0.25, 0.3) is 0 Å². The summed E-state index contributed by atoms with van der Waals surface area (Å²) in [6, 6.07) is 4.29. The van der Waals surface area contributed by atoms with Gasteiger partial charge >= 0.3 is 11.9 Å². The third kappa shape index (κ3) is 3.59. The minimum Gasteiger partial charge on any atom is -0.488 e. The molecule has 3 rings (SSSR count). The Labute approximate surface area is 160 Å². The largest absolute Gasteiger partial charge is 0.488 e. The highest BCUT2D eigenvalue weighted by Crippen LogP contribution is 2.43. The zero-order valence-corrected chi connectivity index (χ0v) is 15.1. The molecule has 0 saturated heterocycles. The maximum absolute atomic E-state index is 12.9. The molecule has 144 valence electrons. The molecule has 1 aromatic rings. The number of ether oxygens (including phenoxy) is 1. The molecule has 0 heterocycles. The van der Waals surface area contributed by atoms with Crippen LogP contribution in [0.3, 0.4) is 0 Å². The van der Waals surface area contributed by atoms with Crippen molar-refractivity contribution in [1.29, 1.82) is 0 Å². The number of carbonyl (C=O) groups is 2. The predicted molar refractivity (Wildman–Crippen MR) is 95.2 cm³/mol. The van der Waals surface area contributed by atoms with Crippen molar-refractivity contribution >= 4 is 29.2 Å². The minimum absolute atomic E-state index is 0.0936. The van der Waals surface area contributed by atoms with Gasteiger partial charge in [0.1, 0.15) is 17.4 Å². The van der Waals surface area contributed by atoms with Gasteiger partial charge in [0.25, 0.3) is 5.92 Å². The zero-order valence-electron chi connectivity index (χ0n) is 14.4. The number of rotatable bonds is 5. The number of alkyl halides is 2. The first kappa shape index (κ1) is 19.4. The number of carbonyl (C=O) groups excluding carboxylic acids is 1. The first-order valence-electron chi connectivity index (χ1n) is 8.57. The molecule has 2 aliphatic rings. The number of carboxylic acid groups (broad SMARTS) is 1. The molecular weight excluding hydrogens is 380 g/mol. The van der Waals surface area contributed by atoms with Crippen molar-refractivity contribution in [1.82, 2.24) is 0 Å². The molecule has 0 unspecified atom stereocenters. The van der Waals surface area contributed by atoms with E-state index in [0.29, 0.717) is 12.8 Å². The number of terminal acetylenes is 1. The van der Waals surface area contributed by atoms with E-state index in [9.17, 15) is 23.5 Å². The Hall–Kier alpha value is -2.33. The maximum atomic E-state index is 12.9. The molecular formula is C19H18ClF2NO4. The monoisotopic (exact) mass is 397 g/mol. The third-order valence-electron chi connectivity index (χ3n) is 5.10. The second-order valence-corrected chi connectivity index (χ2v) is 7.35. The first-order valence-corrected chi connectivity index (χ1v) is 8.94. The van der Waals surface area contributed by atoms with Gasteiger partial charge in [0, 0.05) is 18.5 Å². The highest BCUT2D eigenvalue weighted by Gasteiger charge is 2.50. The molecule has 1 aromatic carbocycles. The van der Waals surface area contributed by atoms with E-state index in [1.165, 1.54) is 18.2 Å². The summed E-state index contributed by atoms with van der Waals surface area (Å²) in [5.41, 5.74) is -1.19. The lowest BCUT2D eigenvalue weighted by Gasteiger charge is -2.37. The Morgan fingerprint density at radius 3 is 2.41 bits per heavy atom. The summed E-state index contributed by atoms with van der Waals surface area (Å²) in [5.74, 6) is -2.44. The van der Waals surface area contributed by atoms with E-state index in [1.807, 2.05) is 5.92 Å². The Bertz CT molecular complexity index is 806. The van der Waals surface area contributed by atoms with E-state index in [-0.39, 0.29) is 42.1 Å². The summed E-state index contributed by atoms with van der Waals surface area (Å²) < 4.78 is 31.4. The summed E-state index contributed by atoms with van der Waals surface area (Å²) in [4.78, 5) is 25.4. The van der Waals surface area contributed by atoms with Crippen LogP contribution >= 0.6 is 11.6 Å². The minimum atomic E-state index is -2.72. The molecule has 0 aliphatic heterocycles. The van der Waals surface area contributed by atoms with Crippen molar-refractivity contribution < 1.29 is 28.2 Å². The summed E-state index contributed by atoms with van der Waals surface area (Å²) in [7, 11) is 0. The molecule has 5 nitrogen and oxygen atoms in total. The van der Waals surface area contributed by atoms with Gasteiger partial charge < -0.3 is 9.84 Å². The Morgan fingerprint density at radius 1 is 1.30 bits per heavy atom. The lowest BCUT2D eigenvalue weighted by atomic mass is 9.91. The number of aliphatic carboxylic acids is 1. The standard InChI is InChI=1S/C19H18ClF2NO4/c1-2-16(24)23(18(17(25)26)7-3-4-8-18)12-5-6-15(14(20)9-12)27-13-10-19(21,22)11-13/h1,5-6,9,13H,3-4,7-8,10-11H2,(H,25,26). The fourth-order valence-electron chi connectivity index (χ4n) is 3.71. The van der Waals surface area contributed by atoms with E-state index >= 15 is 0 Å². The van der Waals surface area contributed by atoms with Crippen molar-refractivity contribution in [3.63, 3.8) is 0 Å². The summed E-state index contributed by atoms with van der Waals surface area (Å²) in [6.07, 6.45) is 5.74. The van der Waals surface area contributed by atoms with E-state index in [0.717, 1.165) is 4.90 Å². The highest BCUT2D eigenvalue weighted by molar-refractivity contribution is 6.32. The van der Waals surface area contributed by atoms with Crippen molar-refractivity contribution in [3.8, 4) is 18.1 Å². The second kappa shape index (κ2) is 7.01. The number of nitrogens with zero attached hydrogens (tertiary/aromatic N) is 1. The molecule has 2 fully saturated rings. The maximum Gasteiger partial charge on any atom is 0.330 e. The SMILES string of the molecule is C#CC(=O)N(c1ccc(OC2CC(F)(F)C2)c(Cl)c1)C1(C(=O)O)CCCC1. The molecule has 0 bridgehead atoms. The van der Waals surface area contributed by atoms with Crippen LogP contribution in [0.1, 0.15) is 38.5 Å². The van der Waals surface area contributed by atoms with Crippen LogP contribution in [-0.4, -0.2) is 34.5 Å². The summed E-state index contributed by atoms with van der Waals surface area (Å²) in [6.45, 7) is 0. The number of benzene rings is 1. The molecule has 2 aliphatic carbocycles. The number of hydrogen-bond donors (Lipinski definition) is 1. The molecule has 0 spiro atoms. The lowest BCUT2D eigenvalue weighted by Crippen LogP contribution is -2.55. The van der Waals surface area contributed by atoms with Crippen molar-refractivity contribution in [3.05, 3.63) is 23.2 Å². The van der Waals surface area contributed by atoms with Crippen LogP contribution in [0, 0.1) is 12.3 Å². The Balaban J connectivity index is 1.90. The summed E-state index contributed by atoms with van der Waals surface area (Å²) in [5, 5.41) is 9.87. The second-order valence-electron chi connectivity index (χ2n) is 6.95. The molecule has 2 saturated carbocycles. The number of hydrogen-bond acceptors (Lipinski definition) is 3. The van der Waals surface area contributed by atoms with Gasteiger partial charge in [-0.2, -0.15) is 0 Å². The van der Waals surface area contributed by atoms with E-state index in [4.69, 9.17) is 22.8 Å². The van der Waals surface area contributed by atoms with Crippen molar-refractivity contribution in [2.75, 3.05) is 4.90 Å². The predicted octanol–water partition coefficient (Wildman–Crippen LogP) is 3.88. The normalized spacial score (nSPS) is 20.4. The van der Waals surface area contributed by atoms with Crippen LogP contribution in [0.15, 0.2) is 18.2 Å². The van der Waals surface area contributed by atoms with Crippen LogP contribution in [0.2, 0.25) is 5.02 Å². The fourth-order valence-corrected chi connectivity index (χ4v) is 3.93. The van der Waals surface area contributed by atoms with Gasteiger partial charge in [0.15, 0.2) is 0 Å². The van der Waals surface area contributed by atoms with Crippen LogP contribution in [0.4, 0.5) is 14.5 Å². The van der Waals surface area contributed by atoms with Gasteiger partial charge in [-0.3, -0.25) is 9.69 Å². The number of carboxylic acids is 1. The van der Waals surface area contributed by atoms with E-state index < -0.39 is 29.4 Å². The van der Waals surface area contributed by atoms with Gasteiger partial charge in [0.2, 0.25) is 0 Å². The summed E-state index contributed by atoms with van der Waals surface area (Å²) >= 11 is 6.20. The third-order valence-corrected chi connectivity index (χ3v) is 5.40. The molecule has 0 aromatic heterocycles. The quantitative estimate of drug-likeness (QED) is 0.766. The van der Waals surface area contributed by atoms with Crippen LogP contribution in [0.5, 0.6) is 5.75 Å². The van der Waals surface area contributed by atoms with Gasteiger partial charge in [-0.15, -0.1) is 6.42 Å². The first-order chi connectivity index (χ1) is 12.7. The van der Waals surface area contributed by atoms with Crippen LogP contribution in [-0.2, 0) is 9.59 Å². The van der Waals surface area contributed by atoms with Gasteiger partial charge in [-0.25, -0.2) is 13.6 Å². The van der Waals surface area contributed by atoms with E-state index in [1.54, 1.807) is 0 Å². The molecule has 0 atom stereocenters. The Morgan fingerprint density at radius 2 is 1.93 bits per heavy atom. The van der Waals surface area contributed by atoms with Gasteiger partial charge in [-0.1, -0.05) is 24.4 Å².